The third-order valence-electron chi connectivity index (χ3n) is 9.02. The Hall–Kier alpha value is -1.98. The first-order valence-corrected chi connectivity index (χ1v) is 32.0. The van der Waals surface area contributed by atoms with Crippen LogP contribution < -0.4 is 18.6 Å². The zero-order valence-corrected chi connectivity index (χ0v) is 37.8. The first kappa shape index (κ1) is 44.4. The number of aromatic nitrogens is 2. The normalized spacial score (nSPS) is 16.2. The Kier molecular flexibility index (Phi) is 18.1. The quantitative estimate of drug-likeness (QED) is 0.156. The molecule has 4 aromatic carbocycles. The molecule has 6 aromatic rings. The van der Waals surface area contributed by atoms with Crippen LogP contribution in [0.3, 0.4) is 0 Å². The van der Waals surface area contributed by atoms with Crippen LogP contribution in [0.1, 0.15) is 92.0 Å². The van der Waals surface area contributed by atoms with E-state index in [1.807, 2.05) is 58.0 Å². The molecule has 2 aliphatic heterocycles. The summed E-state index contributed by atoms with van der Waals surface area (Å²) in [5.41, 5.74) is 12.2. The van der Waals surface area contributed by atoms with E-state index in [-0.39, 0.29) is 19.5 Å². The van der Waals surface area contributed by atoms with Gasteiger partial charge in [0.1, 0.15) is 0 Å². The second kappa shape index (κ2) is 21.2. The molecule has 2 aromatic heterocycles. The number of sulfonamides is 1. The molecule has 0 saturated carbocycles. The Morgan fingerprint density at radius 2 is 1.15 bits per heavy atom. The molecule has 2 unspecified atom stereocenters. The van der Waals surface area contributed by atoms with Gasteiger partial charge in [-0.3, -0.25) is 0 Å². The Morgan fingerprint density at radius 1 is 0.692 bits per heavy atom. The number of halogens is 3. The van der Waals surface area contributed by atoms with Crippen LogP contribution in [0.2, 0.25) is 0 Å². The van der Waals surface area contributed by atoms with Crippen LogP contribution in [0.15, 0.2) is 97.1 Å². The molecule has 4 heterocycles. The van der Waals surface area contributed by atoms with Crippen molar-refractivity contribution in [3.63, 3.8) is 0 Å². The SMILES string of the molecule is C.CC.CC.Cc1ccc2[nH]c3c(c2c1)CCN(S(C)(=O)=O)C3c1ccccc1.Cc1ccc2[nH]c3c(c2c1)CCNC3c1ccccc1.I[I-]I. The zero-order chi connectivity index (χ0) is 37.1. The number of rotatable bonds is 3. The zero-order valence-electron chi connectivity index (χ0n) is 30.5. The summed E-state index contributed by atoms with van der Waals surface area (Å²) < 4.78 is 26.3. The standard InChI is InChI=1S/C19H20N2O2S.C18H18N2.2C2H6.CH4.I3/c1-13-8-9-17-16(12-13)15-10-11-21(24(2,22)23)19(18(15)20-17)14-6-4-3-5-7-14;1-12-7-8-16-15(11-12)14-9-10-19-17(18(14)20-16)13-5-3-2-4-6-13;2*1-2;;1-3-2/h3-9,12,19-20H,10-11H2,1-2H3;2-8,11,17,19-20H,9-10H2,1H3;2*1-2H3;1H4;/q;;;;;-1. The van der Waals surface area contributed by atoms with Crippen molar-refractivity contribution in [2.45, 2.75) is 73.9 Å². The van der Waals surface area contributed by atoms with Gasteiger partial charge in [0.25, 0.3) is 0 Å². The van der Waals surface area contributed by atoms with Gasteiger partial charge in [-0.2, -0.15) is 4.31 Å². The van der Waals surface area contributed by atoms with Crippen LogP contribution >= 0.6 is 37.2 Å². The molecule has 3 N–H and O–H groups in total. The van der Waals surface area contributed by atoms with Gasteiger partial charge in [-0.25, -0.2) is 8.42 Å². The van der Waals surface area contributed by atoms with Gasteiger partial charge in [0, 0.05) is 46.3 Å². The van der Waals surface area contributed by atoms with Crippen LogP contribution in [0.5, 0.6) is 0 Å². The number of aryl methyl sites for hydroxylation is 2. The molecule has 0 bridgehead atoms. The predicted molar refractivity (Wildman–Crippen MR) is 237 cm³/mol. The molecule has 2 atom stereocenters. The molecule has 0 spiro atoms. The van der Waals surface area contributed by atoms with Gasteiger partial charge in [0.15, 0.2) is 0 Å². The maximum absolute atomic E-state index is 12.4. The van der Waals surface area contributed by atoms with Crippen molar-refractivity contribution in [2.24, 2.45) is 0 Å². The third-order valence-corrected chi connectivity index (χ3v) is 10.3. The summed E-state index contributed by atoms with van der Waals surface area (Å²) in [5, 5.41) is 6.23. The summed E-state index contributed by atoms with van der Waals surface area (Å²) in [6, 6.07) is 33.5. The van der Waals surface area contributed by atoms with E-state index >= 15 is 0 Å². The van der Waals surface area contributed by atoms with Crippen molar-refractivity contribution in [1.82, 2.24) is 19.6 Å². The molecule has 0 amide bonds. The van der Waals surface area contributed by atoms with Gasteiger partial charge in [-0.15, -0.1) is 0 Å². The second-order valence-corrected chi connectivity index (χ2v) is 30.4. The number of hydrogen-bond donors (Lipinski definition) is 3. The average Bonchev–Trinajstić information content (AvgIpc) is 3.71. The molecule has 0 fully saturated rings. The van der Waals surface area contributed by atoms with E-state index < -0.39 is 10.0 Å². The third kappa shape index (κ3) is 10.4. The van der Waals surface area contributed by atoms with Gasteiger partial charge in [0.2, 0.25) is 10.0 Å². The maximum atomic E-state index is 12.4. The van der Waals surface area contributed by atoms with Crippen LogP contribution in [0.25, 0.3) is 21.8 Å². The van der Waals surface area contributed by atoms with Gasteiger partial charge < -0.3 is 15.3 Å². The van der Waals surface area contributed by atoms with Crippen molar-refractivity contribution in [2.75, 3.05) is 19.3 Å². The molecule has 0 saturated heterocycles. The van der Waals surface area contributed by atoms with Crippen LogP contribution in [-0.2, 0) is 22.9 Å². The number of aromatic amines is 2. The van der Waals surface area contributed by atoms with E-state index in [1.165, 1.54) is 56.1 Å². The number of hydrogen-bond acceptors (Lipinski definition) is 3. The first-order valence-electron chi connectivity index (χ1n) is 17.6. The van der Waals surface area contributed by atoms with E-state index in [0.29, 0.717) is 19.8 Å². The minimum absolute atomic E-state index is 0. The molecule has 52 heavy (non-hydrogen) atoms. The van der Waals surface area contributed by atoms with Crippen LogP contribution in [-0.4, -0.2) is 42.0 Å². The van der Waals surface area contributed by atoms with Crippen molar-refractivity contribution in [1.29, 1.82) is 0 Å². The van der Waals surface area contributed by atoms with E-state index in [9.17, 15) is 8.42 Å². The van der Waals surface area contributed by atoms with Gasteiger partial charge in [0.05, 0.1) is 18.3 Å². The molecule has 282 valence electrons. The molecule has 8 rings (SSSR count). The fraction of sp³-hybridized carbons (Fsp3) is 0.333. The number of H-pyrrole nitrogens is 2. The van der Waals surface area contributed by atoms with Crippen LogP contribution in [0, 0.1) is 13.8 Å². The van der Waals surface area contributed by atoms with Gasteiger partial charge in [-0.05, 0) is 73.2 Å². The number of nitrogens with zero attached hydrogens (tertiary/aromatic N) is 1. The van der Waals surface area contributed by atoms with E-state index in [1.54, 1.807) is 4.31 Å². The molecular formula is C42H54I3N4O2S-. The first-order chi connectivity index (χ1) is 24.7. The summed E-state index contributed by atoms with van der Waals surface area (Å²) >= 11 is 5.30. The van der Waals surface area contributed by atoms with E-state index in [2.05, 4.69) is 133 Å². The van der Waals surface area contributed by atoms with Crippen molar-refractivity contribution in [3.8, 4) is 0 Å². The summed E-state index contributed by atoms with van der Waals surface area (Å²) in [7, 11) is -3.30. The molecule has 6 nitrogen and oxygen atoms in total. The summed E-state index contributed by atoms with van der Waals surface area (Å²) in [5.74, 6) is 0. The molecule has 0 aliphatic carbocycles. The topological polar surface area (TPSA) is 81.0 Å². The summed E-state index contributed by atoms with van der Waals surface area (Å²) in [6.07, 6.45) is 3.12. The fourth-order valence-electron chi connectivity index (χ4n) is 6.98. The Morgan fingerprint density at radius 3 is 1.65 bits per heavy atom. The minimum atomic E-state index is -3.30. The molecule has 2 aliphatic rings. The Labute approximate surface area is 342 Å². The van der Waals surface area contributed by atoms with Gasteiger partial charge >= 0.3 is 50.5 Å². The van der Waals surface area contributed by atoms with Crippen LogP contribution in [0.4, 0.5) is 0 Å². The molecular weight excluding hydrogens is 1010 g/mol. The van der Waals surface area contributed by atoms with Crippen molar-refractivity contribution in [3.05, 3.63) is 142 Å². The fourth-order valence-corrected chi connectivity index (χ4v) is 8.01. The predicted octanol–water partition coefficient (Wildman–Crippen LogP) is 8.56. The molecule has 10 heteroatoms. The number of benzene rings is 4. The summed E-state index contributed by atoms with van der Waals surface area (Å²) in [6.45, 7) is 13.8. The van der Waals surface area contributed by atoms with Gasteiger partial charge in [-0.1, -0.05) is 119 Å². The average molecular weight is 1060 g/mol. The van der Waals surface area contributed by atoms with Crippen molar-refractivity contribution >= 4 is 69.1 Å². The second-order valence-electron chi connectivity index (χ2n) is 12.2. The van der Waals surface area contributed by atoms with E-state index in [4.69, 9.17) is 0 Å². The van der Waals surface area contributed by atoms with E-state index in [0.717, 1.165) is 36.2 Å². The Balaban J connectivity index is 0.000000238. The monoisotopic (exact) mass is 1060 g/mol. The summed E-state index contributed by atoms with van der Waals surface area (Å²) in [4.78, 5) is 7.12. The Bertz CT molecular complexity index is 2100. The van der Waals surface area contributed by atoms with Crippen molar-refractivity contribution < 1.29 is 21.7 Å². The number of nitrogens with one attached hydrogen (secondary N) is 3. The number of fused-ring (bicyclic) bond motifs is 6. The molecule has 0 radical (unpaired) electrons.